The standard InChI is InChI=1S/C10H9.C4H8O.Zr/c1-8-6-9-4-2-3-5-10(9)7-8;1-2-3-4-5;/h2-7H,1H3;1-4H2;/q;-1;+1. The van der Waals surface area contributed by atoms with Crippen molar-refractivity contribution in [1.82, 2.24) is 0 Å². The van der Waals surface area contributed by atoms with Gasteiger partial charge in [-0.1, -0.05) is 0 Å². The second kappa shape index (κ2) is 4.58. The molecule has 1 aliphatic carbocycles. The molecule has 0 aromatic heterocycles. The molecule has 1 nitrogen and oxygen atoms in total. The fourth-order valence-electron chi connectivity index (χ4n) is 2.81. The molecule has 0 amide bonds. The van der Waals surface area contributed by atoms with Gasteiger partial charge in [-0.25, -0.2) is 0 Å². The van der Waals surface area contributed by atoms with Crippen LogP contribution < -0.4 is 0 Å². The first-order valence-corrected chi connectivity index (χ1v) is 10.3. The minimum absolute atomic E-state index is 0.707. The van der Waals surface area contributed by atoms with Gasteiger partial charge in [0.1, 0.15) is 0 Å². The molecule has 0 saturated carbocycles. The molecular formula is C14H17OZr. The van der Waals surface area contributed by atoms with Crippen LogP contribution in [-0.2, 0) is 25.0 Å². The third kappa shape index (κ3) is 1.87. The van der Waals surface area contributed by atoms with Gasteiger partial charge in [0.05, 0.1) is 0 Å². The van der Waals surface area contributed by atoms with E-state index in [0.29, 0.717) is 3.63 Å². The van der Waals surface area contributed by atoms with E-state index >= 15 is 0 Å². The van der Waals surface area contributed by atoms with Crippen LogP contribution in [0.4, 0.5) is 0 Å². The summed E-state index contributed by atoms with van der Waals surface area (Å²) in [5.41, 5.74) is 4.54. The summed E-state index contributed by atoms with van der Waals surface area (Å²) >= 11 is -1.65. The molecule has 16 heavy (non-hydrogen) atoms. The molecule has 0 N–H and O–H groups in total. The summed E-state index contributed by atoms with van der Waals surface area (Å²) < 4.78 is 8.26. The summed E-state index contributed by atoms with van der Waals surface area (Å²) in [5.74, 6) is 0. The Morgan fingerprint density at radius 1 is 1.25 bits per heavy atom. The van der Waals surface area contributed by atoms with Crippen LogP contribution >= 0.6 is 0 Å². The summed E-state index contributed by atoms with van der Waals surface area (Å²) in [6.45, 7) is 3.32. The Labute approximate surface area is 106 Å². The SMILES string of the molecule is CC1=Cc2ccccc2[CH]1[Zr]1[CH2]CCC[O]1. The van der Waals surface area contributed by atoms with Crippen molar-refractivity contribution < 1.29 is 25.0 Å². The Balaban J connectivity index is 1.93. The van der Waals surface area contributed by atoms with Crippen molar-refractivity contribution in [3.63, 3.8) is 0 Å². The van der Waals surface area contributed by atoms with Crippen molar-refractivity contribution in [2.75, 3.05) is 6.61 Å². The quantitative estimate of drug-likeness (QED) is 0.762. The predicted molar refractivity (Wildman–Crippen MR) is 62.8 cm³/mol. The van der Waals surface area contributed by atoms with Crippen LogP contribution in [0.25, 0.3) is 6.08 Å². The average molecular weight is 293 g/mol. The van der Waals surface area contributed by atoms with Gasteiger partial charge in [-0.2, -0.15) is 0 Å². The van der Waals surface area contributed by atoms with E-state index in [1.54, 1.807) is 11.1 Å². The maximum absolute atomic E-state index is 6.14. The van der Waals surface area contributed by atoms with Crippen molar-refractivity contribution in [3.8, 4) is 0 Å². The van der Waals surface area contributed by atoms with Crippen molar-refractivity contribution >= 4 is 6.08 Å². The van der Waals surface area contributed by atoms with E-state index in [1.807, 2.05) is 0 Å². The van der Waals surface area contributed by atoms with Gasteiger partial charge in [0.2, 0.25) is 0 Å². The summed E-state index contributed by atoms with van der Waals surface area (Å²) in [5, 5.41) is 0. The molecule has 1 saturated heterocycles. The maximum atomic E-state index is 6.14. The van der Waals surface area contributed by atoms with E-state index in [1.165, 1.54) is 22.5 Å². The van der Waals surface area contributed by atoms with Crippen LogP contribution in [0.3, 0.4) is 0 Å². The van der Waals surface area contributed by atoms with Gasteiger partial charge in [0, 0.05) is 0 Å². The molecule has 1 atom stereocenters. The fourth-order valence-corrected chi connectivity index (χ4v) is 9.71. The van der Waals surface area contributed by atoms with E-state index in [2.05, 4.69) is 37.3 Å². The molecule has 2 heteroatoms. The first-order chi connectivity index (χ1) is 7.86. The van der Waals surface area contributed by atoms with Crippen molar-refractivity contribution in [2.24, 2.45) is 0 Å². The van der Waals surface area contributed by atoms with Gasteiger partial charge in [-0.3, -0.25) is 0 Å². The molecule has 1 unspecified atom stereocenters. The third-order valence-corrected chi connectivity index (χ3v) is 10.5. The Kier molecular flexibility index (Phi) is 3.13. The topological polar surface area (TPSA) is 9.23 Å². The molecule has 0 spiro atoms. The summed E-state index contributed by atoms with van der Waals surface area (Å²) in [4.78, 5) is 0. The second-order valence-electron chi connectivity index (χ2n) is 4.72. The molecule has 83 valence electrons. The van der Waals surface area contributed by atoms with Crippen molar-refractivity contribution in [1.29, 1.82) is 0 Å². The van der Waals surface area contributed by atoms with Gasteiger partial charge in [-0.15, -0.1) is 0 Å². The molecule has 1 fully saturated rings. The van der Waals surface area contributed by atoms with Crippen LogP contribution in [-0.4, -0.2) is 6.61 Å². The Hall–Kier alpha value is -0.197. The number of allylic oxidation sites excluding steroid dienone is 1. The molecule has 0 bridgehead atoms. The van der Waals surface area contributed by atoms with E-state index in [9.17, 15) is 0 Å². The zero-order valence-corrected chi connectivity index (χ0v) is 12.2. The molecular weight excluding hydrogens is 275 g/mol. The van der Waals surface area contributed by atoms with Crippen LogP contribution in [0, 0.1) is 0 Å². The zero-order valence-electron chi connectivity index (χ0n) is 9.70. The molecule has 1 heterocycles. The van der Waals surface area contributed by atoms with Gasteiger partial charge in [0.15, 0.2) is 0 Å². The molecule has 1 aromatic rings. The number of rotatable bonds is 1. The number of fused-ring (bicyclic) bond motifs is 1. The number of hydrogen-bond donors (Lipinski definition) is 0. The van der Waals surface area contributed by atoms with Gasteiger partial charge in [-0.05, 0) is 0 Å². The number of hydrogen-bond acceptors (Lipinski definition) is 1. The van der Waals surface area contributed by atoms with E-state index in [0.717, 1.165) is 6.61 Å². The monoisotopic (exact) mass is 291 g/mol. The van der Waals surface area contributed by atoms with Crippen molar-refractivity contribution in [2.45, 2.75) is 27.5 Å². The Morgan fingerprint density at radius 2 is 2.12 bits per heavy atom. The van der Waals surface area contributed by atoms with Gasteiger partial charge in [0.25, 0.3) is 0 Å². The average Bonchev–Trinajstić information content (AvgIpc) is 2.66. The Morgan fingerprint density at radius 3 is 2.94 bits per heavy atom. The predicted octanol–water partition coefficient (Wildman–Crippen LogP) is 3.91. The summed E-state index contributed by atoms with van der Waals surface area (Å²) in [6.07, 6.45) is 5.05. The molecule has 1 aromatic carbocycles. The third-order valence-electron chi connectivity index (χ3n) is 3.57. The van der Waals surface area contributed by atoms with E-state index in [-0.39, 0.29) is 0 Å². The first kappa shape index (κ1) is 10.9. The van der Waals surface area contributed by atoms with E-state index in [4.69, 9.17) is 2.81 Å². The van der Waals surface area contributed by atoms with E-state index < -0.39 is 22.2 Å². The molecule has 1 aliphatic heterocycles. The fraction of sp³-hybridized carbons (Fsp3) is 0.429. The first-order valence-electron chi connectivity index (χ1n) is 6.12. The summed E-state index contributed by atoms with van der Waals surface area (Å²) in [6, 6.07) is 8.86. The van der Waals surface area contributed by atoms with Gasteiger partial charge < -0.3 is 0 Å². The summed E-state index contributed by atoms with van der Waals surface area (Å²) in [7, 11) is 0. The second-order valence-corrected chi connectivity index (χ2v) is 10.4. The number of benzene rings is 1. The molecule has 0 radical (unpaired) electrons. The minimum atomic E-state index is -1.65. The Bertz CT molecular complexity index is 418. The zero-order chi connectivity index (χ0) is 11.0. The molecule has 3 rings (SSSR count). The van der Waals surface area contributed by atoms with Crippen LogP contribution in [0.2, 0.25) is 4.13 Å². The van der Waals surface area contributed by atoms with Crippen LogP contribution in [0.5, 0.6) is 0 Å². The van der Waals surface area contributed by atoms with Gasteiger partial charge >= 0.3 is 106 Å². The molecule has 2 aliphatic rings. The normalized spacial score (nSPS) is 24.2. The van der Waals surface area contributed by atoms with Crippen LogP contribution in [0.1, 0.15) is 34.5 Å². The van der Waals surface area contributed by atoms with Crippen molar-refractivity contribution in [3.05, 3.63) is 41.0 Å². The van der Waals surface area contributed by atoms with Crippen LogP contribution in [0.15, 0.2) is 29.8 Å².